The Morgan fingerprint density at radius 2 is 1.83 bits per heavy atom. The maximum atomic E-state index is 12.6. The Bertz CT molecular complexity index is 926. The van der Waals surface area contributed by atoms with Crippen LogP contribution < -0.4 is 0 Å². The molecule has 0 saturated carbocycles. The van der Waals surface area contributed by atoms with E-state index in [4.69, 9.17) is 4.74 Å². The molecule has 0 bridgehead atoms. The number of benzene rings is 1. The van der Waals surface area contributed by atoms with Crippen LogP contribution in [0.4, 0.5) is 0 Å². The Morgan fingerprint density at radius 1 is 1.17 bits per heavy atom. The molecule has 0 amide bonds. The summed E-state index contributed by atoms with van der Waals surface area (Å²) < 4.78 is 8.16. The number of hydrogen-bond donors (Lipinski definition) is 0. The summed E-state index contributed by atoms with van der Waals surface area (Å²) in [6.45, 7) is 11.4. The van der Waals surface area contributed by atoms with Crippen LogP contribution in [0.2, 0.25) is 0 Å². The molecule has 155 valence electrons. The van der Waals surface area contributed by atoms with E-state index in [0.717, 1.165) is 26.5 Å². The van der Waals surface area contributed by atoms with Crippen molar-refractivity contribution in [2.24, 2.45) is 0 Å². The van der Waals surface area contributed by atoms with Gasteiger partial charge in [0.05, 0.1) is 6.20 Å². The lowest BCUT2D eigenvalue weighted by Gasteiger charge is -2.27. The van der Waals surface area contributed by atoms with E-state index in [-0.39, 0.29) is 6.23 Å². The van der Waals surface area contributed by atoms with E-state index >= 15 is 0 Å². The first-order chi connectivity index (χ1) is 13.6. The van der Waals surface area contributed by atoms with Crippen LogP contribution in [0.5, 0.6) is 0 Å². The maximum absolute atomic E-state index is 12.6. The molecular weight excluding hydrogens is 368 g/mol. The van der Waals surface area contributed by atoms with Crippen molar-refractivity contribution in [3.63, 3.8) is 0 Å². The third-order valence-corrected chi connectivity index (χ3v) is 5.41. The SMILES string of the molecule is CCOC(C)n1cc(-c2ccc(/C=C/C3=[N+]([O-])C(C)(C)N([O])C3(C)C)cc2)cn1. The van der Waals surface area contributed by atoms with Gasteiger partial charge < -0.3 is 9.94 Å². The van der Waals surface area contributed by atoms with Crippen molar-refractivity contribution in [3.8, 4) is 11.1 Å². The van der Waals surface area contributed by atoms with Crippen LogP contribution in [0.25, 0.3) is 17.2 Å². The molecule has 1 aromatic carbocycles. The van der Waals surface area contributed by atoms with Crippen LogP contribution in [-0.2, 0) is 9.94 Å². The first kappa shape index (κ1) is 21.2. The van der Waals surface area contributed by atoms with Crippen LogP contribution in [0.1, 0.15) is 53.3 Å². The summed E-state index contributed by atoms with van der Waals surface area (Å²) in [5, 5.41) is 30.3. The monoisotopic (exact) mass is 397 g/mol. The smallest absolute Gasteiger partial charge is 0.248 e. The number of hydroxylamine groups is 3. The molecule has 0 spiro atoms. The lowest BCUT2D eigenvalue weighted by Crippen LogP contribution is -2.50. The highest BCUT2D eigenvalue weighted by atomic mass is 16.6. The Labute approximate surface area is 172 Å². The van der Waals surface area contributed by atoms with E-state index in [1.165, 1.54) is 0 Å². The van der Waals surface area contributed by atoms with Gasteiger partial charge in [-0.25, -0.2) is 4.68 Å². The Kier molecular flexibility index (Phi) is 5.67. The molecular formula is C22H29N4O3. The second kappa shape index (κ2) is 7.74. The molecule has 0 aliphatic carbocycles. The first-order valence-electron chi connectivity index (χ1n) is 9.85. The van der Waals surface area contributed by atoms with E-state index in [1.807, 2.05) is 56.6 Å². The Morgan fingerprint density at radius 3 is 2.38 bits per heavy atom. The molecule has 1 radical (unpaired) electrons. The van der Waals surface area contributed by atoms with Gasteiger partial charge in [0, 0.05) is 38.3 Å². The quantitative estimate of drug-likeness (QED) is 0.539. The van der Waals surface area contributed by atoms with Crippen molar-refractivity contribution in [2.75, 3.05) is 6.61 Å². The molecule has 1 aliphatic rings. The summed E-state index contributed by atoms with van der Waals surface area (Å²) in [4.78, 5) is 0. The number of aromatic nitrogens is 2. The van der Waals surface area contributed by atoms with E-state index < -0.39 is 11.2 Å². The van der Waals surface area contributed by atoms with Crippen molar-refractivity contribution >= 4 is 11.8 Å². The second-order valence-electron chi connectivity index (χ2n) is 8.25. The highest BCUT2D eigenvalue weighted by Crippen LogP contribution is 2.33. The van der Waals surface area contributed by atoms with Crippen molar-refractivity contribution in [2.45, 2.75) is 59.0 Å². The fraction of sp³-hybridized carbons (Fsp3) is 0.455. The molecule has 2 aromatic rings. The predicted molar refractivity (Wildman–Crippen MR) is 112 cm³/mol. The summed E-state index contributed by atoms with van der Waals surface area (Å²) in [5.41, 5.74) is 1.45. The summed E-state index contributed by atoms with van der Waals surface area (Å²) in [5.74, 6) is 0. The van der Waals surface area contributed by atoms with Crippen LogP contribution in [0.3, 0.4) is 0 Å². The normalized spacial score (nSPS) is 20.0. The molecule has 0 saturated heterocycles. The summed E-state index contributed by atoms with van der Waals surface area (Å²) >= 11 is 0. The van der Waals surface area contributed by atoms with Crippen molar-refractivity contribution < 1.29 is 14.7 Å². The number of hydrogen-bond acceptors (Lipinski definition) is 4. The minimum Gasteiger partial charge on any atom is -0.622 e. The third-order valence-electron chi connectivity index (χ3n) is 5.41. The summed E-state index contributed by atoms with van der Waals surface area (Å²) in [6, 6.07) is 7.98. The van der Waals surface area contributed by atoms with Gasteiger partial charge >= 0.3 is 0 Å². The topological polar surface area (TPSA) is 76.3 Å². The predicted octanol–water partition coefficient (Wildman–Crippen LogP) is 4.25. The fourth-order valence-corrected chi connectivity index (χ4v) is 3.65. The third kappa shape index (κ3) is 3.85. The summed E-state index contributed by atoms with van der Waals surface area (Å²) in [7, 11) is 0. The molecule has 1 atom stereocenters. The van der Waals surface area contributed by atoms with Gasteiger partial charge in [0.25, 0.3) is 0 Å². The zero-order chi connectivity index (χ0) is 21.4. The van der Waals surface area contributed by atoms with Gasteiger partial charge in [-0.05, 0) is 44.9 Å². The Balaban J connectivity index is 1.79. The summed E-state index contributed by atoms with van der Waals surface area (Å²) in [6.07, 6.45) is 7.27. The average molecular weight is 397 g/mol. The fourth-order valence-electron chi connectivity index (χ4n) is 3.65. The van der Waals surface area contributed by atoms with Crippen LogP contribution in [0.15, 0.2) is 42.7 Å². The molecule has 2 heterocycles. The van der Waals surface area contributed by atoms with Crippen molar-refractivity contribution in [1.29, 1.82) is 0 Å². The van der Waals surface area contributed by atoms with Gasteiger partial charge in [-0.2, -0.15) is 9.84 Å². The highest BCUT2D eigenvalue weighted by Gasteiger charge is 2.56. The van der Waals surface area contributed by atoms with Crippen molar-refractivity contribution in [1.82, 2.24) is 14.8 Å². The lowest BCUT2D eigenvalue weighted by atomic mass is 9.97. The second-order valence-corrected chi connectivity index (χ2v) is 8.25. The molecule has 1 unspecified atom stereocenters. The van der Waals surface area contributed by atoms with Gasteiger partial charge in [-0.1, -0.05) is 29.3 Å². The van der Waals surface area contributed by atoms with Crippen molar-refractivity contribution in [3.05, 3.63) is 53.5 Å². The van der Waals surface area contributed by atoms with E-state index in [1.54, 1.807) is 38.5 Å². The number of nitrogens with zero attached hydrogens (tertiary/aromatic N) is 4. The minimum absolute atomic E-state index is 0.109. The van der Waals surface area contributed by atoms with E-state index in [0.29, 0.717) is 12.3 Å². The van der Waals surface area contributed by atoms with Gasteiger partial charge in [-0.15, -0.1) is 5.21 Å². The van der Waals surface area contributed by atoms with E-state index in [2.05, 4.69) is 5.10 Å². The molecule has 7 heteroatoms. The van der Waals surface area contributed by atoms with Gasteiger partial charge in [0.2, 0.25) is 11.4 Å². The zero-order valence-corrected chi connectivity index (χ0v) is 17.9. The van der Waals surface area contributed by atoms with Gasteiger partial charge in [-0.3, -0.25) is 0 Å². The molecule has 29 heavy (non-hydrogen) atoms. The minimum atomic E-state index is -1.12. The largest absolute Gasteiger partial charge is 0.622 e. The van der Waals surface area contributed by atoms with Crippen LogP contribution >= 0.6 is 0 Å². The molecule has 7 nitrogen and oxygen atoms in total. The first-order valence-corrected chi connectivity index (χ1v) is 9.85. The zero-order valence-electron chi connectivity index (χ0n) is 17.9. The van der Waals surface area contributed by atoms with Gasteiger partial charge in [0.15, 0.2) is 0 Å². The van der Waals surface area contributed by atoms with Gasteiger partial charge in [0.1, 0.15) is 11.8 Å². The molecule has 0 fully saturated rings. The van der Waals surface area contributed by atoms with Crippen LogP contribution in [-0.4, -0.2) is 43.1 Å². The molecule has 0 N–H and O–H groups in total. The lowest BCUT2D eigenvalue weighted by molar-refractivity contribution is -0.586. The number of rotatable bonds is 6. The standard InChI is InChI=1S/C22H29N4O3/c1-7-29-16(2)24-15-19(14-23-24)18-11-8-17(9-12-18)10-13-20-21(3,4)26(28)22(5,6)25(20)27/h8-16H,7H2,1-6H3/b13-10+. The molecule has 1 aromatic heterocycles. The Hall–Kier alpha value is -2.48. The average Bonchev–Trinajstić information content (AvgIpc) is 3.21. The number of ether oxygens (including phenoxy) is 1. The maximum Gasteiger partial charge on any atom is 0.248 e. The molecule has 1 aliphatic heterocycles. The van der Waals surface area contributed by atoms with Crippen LogP contribution in [0, 0.1) is 5.21 Å². The highest BCUT2D eigenvalue weighted by molar-refractivity contribution is 6.02. The van der Waals surface area contributed by atoms with E-state index in [9.17, 15) is 10.4 Å². The molecule has 3 rings (SSSR count).